The van der Waals surface area contributed by atoms with Gasteiger partial charge in [-0.25, -0.2) is 0 Å². The maximum absolute atomic E-state index is 6.09. The van der Waals surface area contributed by atoms with Crippen LogP contribution in [0.1, 0.15) is 47.0 Å². The fraction of sp³-hybridized carbons (Fsp3) is 1.00. The summed E-state index contributed by atoms with van der Waals surface area (Å²) >= 11 is 0. The van der Waals surface area contributed by atoms with E-state index in [1.54, 1.807) is 0 Å². The van der Waals surface area contributed by atoms with Crippen molar-refractivity contribution in [3.8, 4) is 0 Å². The van der Waals surface area contributed by atoms with Gasteiger partial charge in [0.15, 0.2) is 0 Å². The Morgan fingerprint density at radius 2 is 1.83 bits per heavy atom. The predicted molar refractivity (Wildman–Crippen MR) is 50.1 cm³/mol. The molecular weight excluding hydrogens is 148 g/mol. The molecule has 2 heterocycles. The van der Waals surface area contributed by atoms with Crippen molar-refractivity contribution in [2.75, 3.05) is 0 Å². The maximum atomic E-state index is 6.09. The van der Waals surface area contributed by atoms with E-state index in [4.69, 9.17) is 4.74 Å². The second-order valence-electron chi connectivity index (χ2n) is 5.33. The number of rotatable bonds is 0. The summed E-state index contributed by atoms with van der Waals surface area (Å²) in [4.78, 5) is 0. The molecule has 0 N–H and O–H groups in total. The Bertz CT molecular complexity index is 179. The van der Waals surface area contributed by atoms with Crippen molar-refractivity contribution in [1.82, 2.24) is 0 Å². The first-order valence-electron chi connectivity index (χ1n) is 5.14. The van der Waals surface area contributed by atoms with Crippen LogP contribution in [-0.4, -0.2) is 11.7 Å². The number of hydrogen-bond donors (Lipinski definition) is 0. The summed E-state index contributed by atoms with van der Waals surface area (Å²) in [6.45, 7) is 9.24. The molecule has 2 saturated heterocycles. The topological polar surface area (TPSA) is 9.23 Å². The van der Waals surface area contributed by atoms with Crippen molar-refractivity contribution in [1.29, 1.82) is 0 Å². The van der Waals surface area contributed by atoms with Gasteiger partial charge in [0.1, 0.15) is 0 Å². The lowest BCUT2D eigenvalue weighted by molar-refractivity contribution is -0.239. The van der Waals surface area contributed by atoms with Gasteiger partial charge in [-0.2, -0.15) is 0 Å². The van der Waals surface area contributed by atoms with E-state index in [1.165, 1.54) is 19.3 Å². The minimum Gasteiger partial charge on any atom is -0.372 e. The first kappa shape index (κ1) is 8.55. The second-order valence-corrected chi connectivity index (χ2v) is 5.33. The molecule has 4 atom stereocenters. The minimum atomic E-state index is 0.192. The highest BCUT2D eigenvalue weighted by atomic mass is 16.5. The van der Waals surface area contributed by atoms with Gasteiger partial charge in [0.05, 0.1) is 11.7 Å². The van der Waals surface area contributed by atoms with Crippen LogP contribution in [0.15, 0.2) is 0 Å². The molecule has 0 aromatic carbocycles. The molecule has 2 unspecified atom stereocenters. The van der Waals surface area contributed by atoms with E-state index < -0.39 is 0 Å². The van der Waals surface area contributed by atoms with E-state index in [0.717, 1.165) is 5.92 Å². The number of hydrogen-bond acceptors (Lipinski definition) is 1. The van der Waals surface area contributed by atoms with E-state index in [9.17, 15) is 0 Å². The normalized spacial score (nSPS) is 59.0. The highest BCUT2D eigenvalue weighted by Gasteiger charge is 2.52. The van der Waals surface area contributed by atoms with Crippen LogP contribution in [0, 0.1) is 11.3 Å². The van der Waals surface area contributed by atoms with Crippen molar-refractivity contribution in [2.45, 2.75) is 58.7 Å². The van der Waals surface area contributed by atoms with Crippen LogP contribution in [0.4, 0.5) is 0 Å². The summed E-state index contributed by atoms with van der Waals surface area (Å²) in [5.41, 5.74) is 0.661. The smallest absolute Gasteiger partial charge is 0.0684 e. The van der Waals surface area contributed by atoms with Crippen molar-refractivity contribution in [3.05, 3.63) is 0 Å². The van der Waals surface area contributed by atoms with Crippen LogP contribution in [-0.2, 0) is 4.74 Å². The zero-order valence-corrected chi connectivity index (χ0v) is 8.68. The SMILES string of the molecule is CC1CC2(C)CC[C@@]1(C)O[C@H]2C. The van der Waals surface area contributed by atoms with Crippen molar-refractivity contribution in [3.63, 3.8) is 0 Å². The van der Waals surface area contributed by atoms with Crippen LogP contribution in [0.25, 0.3) is 0 Å². The van der Waals surface area contributed by atoms with Gasteiger partial charge in [-0.1, -0.05) is 13.8 Å². The fourth-order valence-electron chi connectivity index (χ4n) is 2.89. The molecule has 2 aliphatic heterocycles. The lowest BCUT2D eigenvalue weighted by Gasteiger charge is -2.57. The highest BCUT2D eigenvalue weighted by molar-refractivity contribution is 5.02. The van der Waals surface area contributed by atoms with E-state index in [0.29, 0.717) is 11.5 Å². The molecule has 0 radical (unpaired) electrons. The van der Waals surface area contributed by atoms with Gasteiger partial charge in [-0.05, 0) is 44.4 Å². The Kier molecular flexibility index (Phi) is 1.61. The Morgan fingerprint density at radius 3 is 2.25 bits per heavy atom. The molecule has 1 heteroatoms. The largest absolute Gasteiger partial charge is 0.372 e. The van der Waals surface area contributed by atoms with Crippen molar-refractivity contribution < 1.29 is 4.74 Å². The van der Waals surface area contributed by atoms with Crippen LogP contribution in [0.3, 0.4) is 0 Å². The van der Waals surface area contributed by atoms with Crippen molar-refractivity contribution in [2.24, 2.45) is 11.3 Å². The molecule has 70 valence electrons. The molecule has 3 aliphatic rings. The van der Waals surface area contributed by atoms with Crippen molar-refractivity contribution >= 4 is 0 Å². The molecule has 0 aromatic rings. The molecule has 12 heavy (non-hydrogen) atoms. The first-order chi connectivity index (χ1) is 5.46. The zero-order chi connectivity index (χ0) is 8.98. The standard InChI is InChI=1S/C11H20O/c1-8-7-10(3)5-6-11(8,4)12-9(10)2/h8-9H,5-7H2,1-4H3/t8?,9-,10?,11+/m0/s1. The van der Waals surface area contributed by atoms with E-state index in [1.807, 2.05) is 0 Å². The van der Waals surface area contributed by atoms with Gasteiger partial charge in [-0.3, -0.25) is 0 Å². The molecule has 3 rings (SSSR count). The monoisotopic (exact) mass is 168 g/mol. The summed E-state index contributed by atoms with van der Waals surface area (Å²) < 4.78 is 6.09. The third-order valence-electron chi connectivity index (χ3n) is 4.43. The lowest BCUT2D eigenvalue weighted by atomic mass is 9.60. The summed E-state index contributed by atoms with van der Waals surface area (Å²) in [6, 6.07) is 0. The molecule has 1 saturated carbocycles. The number of fused-ring (bicyclic) bond motifs is 3. The third-order valence-corrected chi connectivity index (χ3v) is 4.43. The summed E-state index contributed by atoms with van der Waals surface area (Å²) in [5, 5.41) is 0. The lowest BCUT2D eigenvalue weighted by Crippen LogP contribution is -2.57. The second kappa shape index (κ2) is 2.25. The van der Waals surface area contributed by atoms with Crippen LogP contribution in [0.2, 0.25) is 0 Å². The first-order valence-corrected chi connectivity index (χ1v) is 5.14. The molecular formula is C11H20O. The summed E-state index contributed by atoms with van der Waals surface area (Å²) in [5.74, 6) is 0.743. The minimum absolute atomic E-state index is 0.192. The van der Waals surface area contributed by atoms with Crippen LogP contribution in [0.5, 0.6) is 0 Å². The van der Waals surface area contributed by atoms with E-state index in [2.05, 4.69) is 27.7 Å². The Hall–Kier alpha value is -0.0400. The molecule has 0 amide bonds. The van der Waals surface area contributed by atoms with Gasteiger partial charge in [0.25, 0.3) is 0 Å². The van der Waals surface area contributed by atoms with Gasteiger partial charge < -0.3 is 4.74 Å². The molecule has 0 spiro atoms. The third kappa shape index (κ3) is 0.953. The van der Waals surface area contributed by atoms with Crippen LogP contribution >= 0.6 is 0 Å². The van der Waals surface area contributed by atoms with Gasteiger partial charge >= 0.3 is 0 Å². The fourth-order valence-corrected chi connectivity index (χ4v) is 2.89. The molecule has 3 fully saturated rings. The van der Waals surface area contributed by atoms with Gasteiger partial charge in [0.2, 0.25) is 0 Å². The number of ether oxygens (including phenoxy) is 1. The quantitative estimate of drug-likeness (QED) is 0.540. The zero-order valence-electron chi connectivity index (χ0n) is 8.68. The summed E-state index contributed by atoms with van der Waals surface area (Å²) in [6.07, 6.45) is 4.43. The molecule has 1 nitrogen and oxygen atoms in total. The van der Waals surface area contributed by atoms with Gasteiger partial charge in [0, 0.05) is 0 Å². The predicted octanol–water partition coefficient (Wildman–Crippen LogP) is 2.99. The van der Waals surface area contributed by atoms with Crippen LogP contribution < -0.4 is 0 Å². The average Bonchev–Trinajstić information content (AvgIpc) is 1.96. The van der Waals surface area contributed by atoms with E-state index in [-0.39, 0.29) is 5.60 Å². The highest BCUT2D eigenvalue weighted by Crippen LogP contribution is 2.54. The Morgan fingerprint density at radius 1 is 1.17 bits per heavy atom. The maximum Gasteiger partial charge on any atom is 0.0684 e. The molecule has 2 bridgehead atoms. The Balaban J connectivity index is 2.27. The van der Waals surface area contributed by atoms with E-state index >= 15 is 0 Å². The Labute approximate surface area is 75.5 Å². The van der Waals surface area contributed by atoms with Gasteiger partial charge in [-0.15, -0.1) is 0 Å². The average molecular weight is 168 g/mol. The summed E-state index contributed by atoms with van der Waals surface area (Å²) in [7, 11) is 0. The molecule has 1 aliphatic carbocycles. The molecule has 0 aromatic heterocycles.